The van der Waals surface area contributed by atoms with Crippen molar-refractivity contribution in [1.82, 2.24) is 35.2 Å². The predicted octanol–water partition coefficient (Wildman–Crippen LogP) is 5.40. The highest BCUT2D eigenvalue weighted by Crippen LogP contribution is 2.37. The lowest BCUT2D eigenvalue weighted by molar-refractivity contribution is -0.140. The molecule has 0 spiro atoms. The quantitative estimate of drug-likeness (QED) is 0.155. The number of carbonyl (C=O) groups excluding carboxylic acids is 4. The molecule has 13 heteroatoms. The molecule has 2 saturated heterocycles. The van der Waals surface area contributed by atoms with E-state index < -0.39 is 12.0 Å². The van der Waals surface area contributed by atoms with Gasteiger partial charge in [0.15, 0.2) is 0 Å². The Labute approximate surface area is 325 Å². The molecular formula is C42H48ClN7O5. The van der Waals surface area contributed by atoms with Crippen molar-refractivity contribution in [3.8, 4) is 5.88 Å². The molecule has 4 atom stereocenters. The van der Waals surface area contributed by atoms with E-state index in [-0.39, 0.29) is 54.5 Å². The smallest absolute Gasteiger partial charge is 0.253 e. The number of aryl methyl sites for hydroxylation is 1. The number of methoxy groups -OCH3 is 1. The molecule has 2 aliphatic rings. The number of likely N-dealkylation sites (tertiary alicyclic amines) is 2. The van der Waals surface area contributed by atoms with Crippen molar-refractivity contribution in [2.45, 2.75) is 51.6 Å². The van der Waals surface area contributed by atoms with Gasteiger partial charge in [0.1, 0.15) is 6.04 Å². The summed E-state index contributed by atoms with van der Waals surface area (Å²) in [5, 5.41) is 12.6. The van der Waals surface area contributed by atoms with Gasteiger partial charge in [-0.15, -0.1) is 5.10 Å². The van der Waals surface area contributed by atoms with Crippen LogP contribution in [0.1, 0.15) is 54.2 Å². The molecule has 2 aromatic heterocycles. The topological polar surface area (TPSA) is 142 Å². The molecule has 55 heavy (non-hydrogen) atoms. The minimum absolute atomic E-state index is 0.102. The van der Waals surface area contributed by atoms with Gasteiger partial charge in [-0.3, -0.25) is 23.9 Å². The van der Waals surface area contributed by atoms with Crippen LogP contribution >= 0.6 is 11.6 Å². The second-order valence-corrected chi connectivity index (χ2v) is 15.5. The summed E-state index contributed by atoms with van der Waals surface area (Å²) in [5.74, 6) is -1.35. The van der Waals surface area contributed by atoms with Crippen LogP contribution in [-0.4, -0.2) is 94.6 Å². The van der Waals surface area contributed by atoms with Gasteiger partial charge in [0, 0.05) is 67.0 Å². The summed E-state index contributed by atoms with van der Waals surface area (Å²) in [6, 6.07) is 20.5. The molecule has 5 aromatic rings. The number of halogens is 1. The van der Waals surface area contributed by atoms with Gasteiger partial charge in [-0.25, -0.2) is 0 Å². The van der Waals surface area contributed by atoms with Crippen LogP contribution in [0.2, 0.25) is 5.02 Å². The number of fused-ring (bicyclic) bond motifs is 3. The third-order valence-corrected chi connectivity index (χ3v) is 11.4. The molecule has 3 aromatic carbocycles. The number of ether oxygens (including phenoxy) is 1. The number of likely N-dealkylation sites (N-methyl/N-ethyl adjacent to an activating group) is 1. The molecule has 4 amide bonds. The molecule has 12 nitrogen and oxygen atoms in total. The van der Waals surface area contributed by atoms with E-state index in [0.29, 0.717) is 48.9 Å². The molecule has 7 rings (SSSR count). The lowest BCUT2D eigenvalue weighted by Gasteiger charge is -2.40. The van der Waals surface area contributed by atoms with Crippen molar-refractivity contribution in [2.75, 3.05) is 40.3 Å². The van der Waals surface area contributed by atoms with E-state index in [1.807, 2.05) is 85.4 Å². The molecule has 0 saturated carbocycles. The number of nitrogens with zero attached hydrogens (tertiary/aromatic N) is 4. The van der Waals surface area contributed by atoms with Gasteiger partial charge in [-0.05, 0) is 86.4 Å². The van der Waals surface area contributed by atoms with Gasteiger partial charge < -0.3 is 30.2 Å². The third kappa shape index (κ3) is 7.91. The van der Waals surface area contributed by atoms with Gasteiger partial charge in [0.25, 0.3) is 5.91 Å². The average Bonchev–Trinajstić information content (AvgIpc) is 3.91. The number of rotatable bonds is 12. The maximum atomic E-state index is 14.3. The second-order valence-electron chi connectivity index (χ2n) is 15.1. The molecule has 0 aliphatic carbocycles. The normalized spacial score (nSPS) is 18.8. The third-order valence-electron chi connectivity index (χ3n) is 11.2. The first kappa shape index (κ1) is 37.9. The molecule has 4 heterocycles. The van der Waals surface area contributed by atoms with Crippen LogP contribution in [0.3, 0.4) is 0 Å². The lowest BCUT2D eigenvalue weighted by atomic mass is 9.79. The number of benzene rings is 3. The Morgan fingerprint density at radius 2 is 1.75 bits per heavy atom. The first-order valence-electron chi connectivity index (χ1n) is 19.0. The summed E-state index contributed by atoms with van der Waals surface area (Å²) in [4.78, 5) is 62.4. The Morgan fingerprint density at radius 3 is 2.49 bits per heavy atom. The molecule has 3 unspecified atom stereocenters. The standard InChI is InChI=1S/C42H48ClN7O5/c1-25(2)50-37-16-13-27(17-32(37)41(47-50)55-4)42(54)49-22-29-21-48(38(51)18-28-20-45-36-19-30(43)14-15-31(28)36)24-34(33(29)23-49)39(52)46-35(40(53)44-3)12-8-11-26-9-6-5-7-10-26/h5-7,9-10,13-17,19-20,25,29,33-35,45H,8,11-12,18,21-24H2,1-4H3,(H,44,53)(H,46,52)/t29?,33?,34?,35-/m0/s1. The summed E-state index contributed by atoms with van der Waals surface area (Å²) in [6.07, 6.45) is 3.90. The highest BCUT2D eigenvalue weighted by Gasteiger charge is 2.48. The zero-order chi connectivity index (χ0) is 38.8. The van der Waals surface area contributed by atoms with Gasteiger partial charge in [0.05, 0.1) is 30.4 Å². The largest absolute Gasteiger partial charge is 0.479 e. The number of H-pyrrole nitrogens is 1. The van der Waals surface area contributed by atoms with Gasteiger partial charge in [-0.2, -0.15) is 0 Å². The Hall–Kier alpha value is -5.36. The van der Waals surface area contributed by atoms with Crippen molar-refractivity contribution in [3.63, 3.8) is 0 Å². The van der Waals surface area contributed by atoms with Crippen molar-refractivity contribution >= 4 is 57.0 Å². The van der Waals surface area contributed by atoms with E-state index in [2.05, 4.69) is 20.7 Å². The van der Waals surface area contributed by atoms with Crippen molar-refractivity contribution in [3.05, 3.63) is 94.6 Å². The molecule has 2 fully saturated rings. The van der Waals surface area contributed by atoms with E-state index >= 15 is 0 Å². The van der Waals surface area contributed by atoms with E-state index in [1.165, 1.54) is 0 Å². The van der Waals surface area contributed by atoms with Crippen LogP contribution in [-0.2, 0) is 27.2 Å². The van der Waals surface area contributed by atoms with Crippen molar-refractivity contribution < 1.29 is 23.9 Å². The Morgan fingerprint density at radius 1 is 0.964 bits per heavy atom. The van der Waals surface area contributed by atoms with Gasteiger partial charge in [0.2, 0.25) is 23.6 Å². The Bertz CT molecular complexity index is 2220. The zero-order valence-electron chi connectivity index (χ0n) is 31.7. The second kappa shape index (κ2) is 16.2. The monoisotopic (exact) mass is 765 g/mol. The zero-order valence-corrected chi connectivity index (χ0v) is 32.4. The highest BCUT2D eigenvalue weighted by molar-refractivity contribution is 6.31. The van der Waals surface area contributed by atoms with E-state index in [1.54, 1.807) is 30.0 Å². The number of nitrogens with one attached hydrogen (secondary N) is 3. The Balaban J connectivity index is 1.13. The number of hydrogen-bond acceptors (Lipinski definition) is 6. The summed E-state index contributed by atoms with van der Waals surface area (Å²) in [5.41, 5.74) is 4.22. The van der Waals surface area contributed by atoms with E-state index in [4.69, 9.17) is 16.3 Å². The maximum absolute atomic E-state index is 14.3. The number of carbonyl (C=O) groups is 4. The maximum Gasteiger partial charge on any atom is 0.253 e. The number of aromatic nitrogens is 3. The van der Waals surface area contributed by atoms with E-state index in [0.717, 1.165) is 39.4 Å². The molecule has 288 valence electrons. The summed E-state index contributed by atoms with van der Waals surface area (Å²) in [6.45, 7) is 5.41. The SMILES string of the molecule is CNC(=O)[C@H](CCCc1ccccc1)NC(=O)C1CN(C(=O)Cc2c[nH]c3cc(Cl)ccc23)CC2CN(C(=O)c3ccc4c(c3)c(OC)nn4C(C)C)CC21. The fourth-order valence-electron chi connectivity index (χ4n) is 8.35. The van der Waals surface area contributed by atoms with Gasteiger partial charge >= 0.3 is 0 Å². The minimum Gasteiger partial charge on any atom is -0.479 e. The molecule has 3 N–H and O–H groups in total. The number of hydrogen-bond donors (Lipinski definition) is 3. The van der Waals surface area contributed by atoms with E-state index in [9.17, 15) is 19.2 Å². The average molecular weight is 766 g/mol. The predicted molar refractivity (Wildman–Crippen MR) is 212 cm³/mol. The first-order valence-corrected chi connectivity index (χ1v) is 19.4. The molecule has 0 bridgehead atoms. The van der Waals surface area contributed by atoms with Crippen LogP contribution in [0.5, 0.6) is 5.88 Å². The summed E-state index contributed by atoms with van der Waals surface area (Å²) in [7, 11) is 3.13. The fourth-order valence-corrected chi connectivity index (χ4v) is 8.52. The molecular weight excluding hydrogens is 718 g/mol. The summed E-state index contributed by atoms with van der Waals surface area (Å²) < 4.78 is 7.44. The Kier molecular flexibility index (Phi) is 11.1. The minimum atomic E-state index is -0.739. The number of amides is 4. The van der Waals surface area contributed by atoms with Gasteiger partial charge in [-0.1, -0.05) is 48.0 Å². The van der Waals surface area contributed by atoms with Crippen LogP contribution < -0.4 is 15.4 Å². The van der Waals surface area contributed by atoms with Crippen LogP contribution in [0.25, 0.3) is 21.8 Å². The fraction of sp³-hybridized carbons (Fsp3) is 0.405. The van der Waals surface area contributed by atoms with Crippen LogP contribution in [0.15, 0.2) is 72.9 Å². The highest BCUT2D eigenvalue weighted by atomic mass is 35.5. The van der Waals surface area contributed by atoms with Crippen molar-refractivity contribution in [2.24, 2.45) is 17.8 Å². The summed E-state index contributed by atoms with van der Waals surface area (Å²) >= 11 is 6.20. The molecule has 0 radical (unpaired) electrons. The number of piperidine rings is 1. The lowest BCUT2D eigenvalue weighted by Crippen LogP contribution is -2.56. The molecule has 2 aliphatic heterocycles. The first-order chi connectivity index (χ1) is 26.5. The number of aromatic amines is 1. The van der Waals surface area contributed by atoms with Crippen molar-refractivity contribution in [1.29, 1.82) is 0 Å². The van der Waals surface area contributed by atoms with Crippen LogP contribution in [0, 0.1) is 17.8 Å². The van der Waals surface area contributed by atoms with Crippen LogP contribution in [0.4, 0.5) is 0 Å².